The second-order valence-electron chi connectivity index (χ2n) is 6.46. The van der Waals surface area contributed by atoms with Gasteiger partial charge in [0.1, 0.15) is 0 Å². The van der Waals surface area contributed by atoms with E-state index in [1.165, 1.54) is 19.3 Å². The molecule has 0 aromatic heterocycles. The second kappa shape index (κ2) is 5.78. The Labute approximate surface area is 91.5 Å². The Morgan fingerprint density at radius 1 is 0.786 bits per heavy atom. The summed E-state index contributed by atoms with van der Waals surface area (Å²) in [5.74, 6) is 2.53. The molecule has 0 heteroatoms. The van der Waals surface area contributed by atoms with Gasteiger partial charge < -0.3 is 0 Å². The lowest BCUT2D eigenvalue weighted by Crippen LogP contribution is -2.24. The lowest BCUT2D eigenvalue weighted by Gasteiger charge is -2.34. The Kier molecular flexibility index (Phi) is 5.78. The third kappa shape index (κ3) is 5.67. The van der Waals surface area contributed by atoms with Crippen LogP contribution in [0.2, 0.25) is 0 Å². The maximum Gasteiger partial charge on any atom is -0.0326 e. The summed E-state index contributed by atoms with van der Waals surface area (Å²) in [6, 6.07) is 0. The van der Waals surface area contributed by atoms with Crippen LogP contribution in [0.5, 0.6) is 0 Å². The normalized spacial score (nSPS) is 15.2. The zero-order valence-electron chi connectivity index (χ0n) is 11.4. The summed E-state index contributed by atoms with van der Waals surface area (Å²) in [5.41, 5.74) is 0.517. The van der Waals surface area contributed by atoms with Crippen molar-refractivity contribution in [1.82, 2.24) is 0 Å². The molecule has 0 aliphatic rings. The van der Waals surface area contributed by atoms with Gasteiger partial charge in [-0.2, -0.15) is 0 Å². The first-order chi connectivity index (χ1) is 6.25. The lowest BCUT2D eigenvalue weighted by molar-refractivity contribution is 0.168. The van der Waals surface area contributed by atoms with Gasteiger partial charge in [0.05, 0.1) is 0 Å². The topological polar surface area (TPSA) is 0 Å². The van der Waals surface area contributed by atoms with Crippen LogP contribution in [-0.4, -0.2) is 0 Å². The molecule has 0 rings (SSSR count). The minimum absolute atomic E-state index is 0.517. The Morgan fingerprint density at radius 2 is 1.29 bits per heavy atom. The van der Waals surface area contributed by atoms with E-state index in [1.54, 1.807) is 0 Å². The predicted octanol–water partition coefficient (Wildman–Crippen LogP) is 5.13. The first kappa shape index (κ1) is 14.0. The fourth-order valence-electron chi connectivity index (χ4n) is 2.23. The van der Waals surface area contributed by atoms with E-state index in [0.717, 1.165) is 17.8 Å². The molecule has 0 aromatic carbocycles. The highest BCUT2D eigenvalue weighted by atomic mass is 14.3. The predicted molar refractivity (Wildman–Crippen MR) is 66.5 cm³/mol. The molecule has 0 aromatic rings. The van der Waals surface area contributed by atoms with Crippen LogP contribution >= 0.6 is 0 Å². The van der Waals surface area contributed by atoms with Gasteiger partial charge in [-0.05, 0) is 36.0 Å². The summed E-state index contributed by atoms with van der Waals surface area (Å²) in [7, 11) is 0. The van der Waals surface area contributed by atoms with Gasteiger partial charge in [0.15, 0.2) is 0 Å². The zero-order chi connectivity index (χ0) is 11.4. The largest absolute Gasteiger partial charge is 0.0628 e. The molecule has 86 valence electrons. The molecule has 0 saturated carbocycles. The molecule has 0 radical (unpaired) electrons. The summed E-state index contributed by atoms with van der Waals surface area (Å²) in [6.45, 7) is 16.6. The molecule has 0 amide bonds. The molecule has 0 nitrogen and oxygen atoms in total. The molecule has 0 saturated heterocycles. The van der Waals surface area contributed by atoms with Crippen LogP contribution in [0.1, 0.15) is 67.7 Å². The lowest BCUT2D eigenvalue weighted by atomic mass is 9.72. The Balaban J connectivity index is 4.00. The van der Waals surface area contributed by atoms with E-state index in [1.807, 2.05) is 0 Å². The maximum atomic E-state index is 2.43. The molecule has 1 unspecified atom stereocenters. The van der Waals surface area contributed by atoms with Crippen LogP contribution in [-0.2, 0) is 0 Å². The van der Waals surface area contributed by atoms with Crippen molar-refractivity contribution in [2.75, 3.05) is 0 Å². The molecular formula is C14H30. The van der Waals surface area contributed by atoms with Crippen molar-refractivity contribution >= 4 is 0 Å². The van der Waals surface area contributed by atoms with Crippen LogP contribution in [0.15, 0.2) is 0 Å². The molecule has 0 fully saturated rings. The van der Waals surface area contributed by atoms with Crippen molar-refractivity contribution in [1.29, 1.82) is 0 Å². The SMILES string of the molecule is CC(C)CCC(C)C(C)(C)CC(C)C. The van der Waals surface area contributed by atoms with Crippen LogP contribution in [0, 0.1) is 23.2 Å². The number of rotatable bonds is 6. The van der Waals surface area contributed by atoms with Crippen molar-refractivity contribution in [3.63, 3.8) is 0 Å². The average molecular weight is 198 g/mol. The van der Waals surface area contributed by atoms with Gasteiger partial charge in [-0.1, -0.05) is 54.9 Å². The Morgan fingerprint density at radius 3 is 1.64 bits per heavy atom. The number of hydrogen-bond acceptors (Lipinski definition) is 0. The fourth-order valence-corrected chi connectivity index (χ4v) is 2.23. The molecule has 1 atom stereocenters. The smallest absolute Gasteiger partial charge is 0.0326 e. The number of hydrogen-bond donors (Lipinski definition) is 0. The first-order valence-electron chi connectivity index (χ1n) is 6.25. The molecule has 0 aliphatic carbocycles. The van der Waals surface area contributed by atoms with Crippen molar-refractivity contribution in [3.8, 4) is 0 Å². The van der Waals surface area contributed by atoms with Crippen molar-refractivity contribution < 1.29 is 0 Å². The molecule has 0 aliphatic heterocycles. The highest BCUT2D eigenvalue weighted by molar-refractivity contribution is 4.76. The van der Waals surface area contributed by atoms with Gasteiger partial charge in [0, 0.05) is 0 Å². The average Bonchev–Trinajstić information content (AvgIpc) is 1.97. The molecule has 14 heavy (non-hydrogen) atoms. The molecular weight excluding hydrogens is 168 g/mol. The summed E-state index contributed by atoms with van der Waals surface area (Å²) < 4.78 is 0. The summed E-state index contributed by atoms with van der Waals surface area (Å²) in [4.78, 5) is 0. The minimum Gasteiger partial charge on any atom is -0.0628 e. The maximum absolute atomic E-state index is 2.43. The molecule has 0 spiro atoms. The summed E-state index contributed by atoms with van der Waals surface area (Å²) in [6.07, 6.45) is 4.12. The van der Waals surface area contributed by atoms with Gasteiger partial charge in [-0.25, -0.2) is 0 Å². The second-order valence-corrected chi connectivity index (χ2v) is 6.46. The van der Waals surface area contributed by atoms with Crippen LogP contribution in [0.3, 0.4) is 0 Å². The van der Waals surface area contributed by atoms with E-state index in [4.69, 9.17) is 0 Å². The summed E-state index contributed by atoms with van der Waals surface area (Å²) >= 11 is 0. The van der Waals surface area contributed by atoms with E-state index in [2.05, 4.69) is 48.5 Å². The zero-order valence-corrected chi connectivity index (χ0v) is 11.4. The van der Waals surface area contributed by atoms with Crippen LogP contribution < -0.4 is 0 Å². The van der Waals surface area contributed by atoms with E-state index in [0.29, 0.717) is 5.41 Å². The van der Waals surface area contributed by atoms with E-state index >= 15 is 0 Å². The van der Waals surface area contributed by atoms with Gasteiger partial charge in [0.2, 0.25) is 0 Å². The van der Waals surface area contributed by atoms with Crippen molar-refractivity contribution in [2.45, 2.75) is 67.7 Å². The van der Waals surface area contributed by atoms with E-state index in [9.17, 15) is 0 Å². The monoisotopic (exact) mass is 198 g/mol. The van der Waals surface area contributed by atoms with Crippen LogP contribution in [0.4, 0.5) is 0 Å². The molecule has 0 N–H and O–H groups in total. The molecule has 0 bridgehead atoms. The quantitative estimate of drug-likeness (QED) is 0.555. The van der Waals surface area contributed by atoms with Gasteiger partial charge in [-0.3, -0.25) is 0 Å². The minimum atomic E-state index is 0.517. The summed E-state index contributed by atoms with van der Waals surface area (Å²) in [5, 5.41) is 0. The third-order valence-electron chi connectivity index (χ3n) is 3.45. The van der Waals surface area contributed by atoms with E-state index in [-0.39, 0.29) is 0 Å². The Hall–Kier alpha value is 0. The van der Waals surface area contributed by atoms with Gasteiger partial charge in [0.25, 0.3) is 0 Å². The van der Waals surface area contributed by atoms with Crippen LogP contribution in [0.25, 0.3) is 0 Å². The van der Waals surface area contributed by atoms with Gasteiger partial charge >= 0.3 is 0 Å². The highest BCUT2D eigenvalue weighted by Gasteiger charge is 2.26. The fraction of sp³-hybridized carbons (Fsp3) is 1.00. The standard InChI is InChI=1S/C14H30/c1-11(2)8-9-13(5)14(6,7)10-12(3)4/h11-13H,8-10H2,1-7H3. The Bertz CT molecular complexity index is 142. The van der Waals surface area contributed by atoms with Crippen molar-refractivity contribution in [3.05, 3.63) is 0 Å². The van der Waals surface area contributed by atoms with E-state index < -0.39 is 0 Å². The third-order valence-corrected chi connectivity index (χ3v) is 3.45. The first-order valence-corrected chi connectivity index (χ1v) is 6.25. The highest BCUT2D eigenvalue weighted by Crippen LogP contribution is 2.36. The van der Waals surface area contributed by atoms with Gasteiger partial charge in [-0.15, -0.1) is 0 Å². The van der Waals surface area contributed by atoms with Crippen molar-refractivity contribution in [2.24, 2.45) is 23.2 Å². The molecule has 0 heterocycles.